The van der Waals surface area contributed by atoms with E-state index in [1.807, 2.05) is 12.1 Å². The molecule has 0 unspecified atom stereocenters. The lowest BCUT2D eigenvalue weighted by molar-refractivity contribution is -0.385. The quantitative estimate of drug-likeness (QED) is 0.382. The summed E-state index contributed by atoms with van der Waals surface area (Å²) >= 11 is 4.64. The van der Waals surface area contributed by atoms with E-state index >= 15 is 0 Å². The summed E-state index contributed by atoms with van der Waals surface area (Å²) < 4.78 is 14.1. The number of halogens is 2. The minimum Gasteiger partial charge on any atom is -0.398 e. The molecule has 0 spiro atoms. The lowest BCUT2D eigenvalue weighted by atomic mass is 10.2. The van der Waals surface area contributed by atoms with Crippen LogP contribution in [0.4, 0.5) is 15.8 Å². The van der Waals surface area contributed by atoms with Crippen LogP contribution in [0.5, 0.6) is 0 Å². The number of nitrogens with two attached hydrogens (primary N) is 1. The lowest BCUT2D eigenvalue weighted by Crippen LogP contribution is -1.96. The van der Waals surface area contributed by atoms with Gasteiger partial charge in [0.1, 0.15) is 5.82 Å². The normalized spacial score (nSPS) is 10.5. The van der Waals surface area contributed by atoms with E-state index in [0.717, 1.165) is 15.4 Å². The molecule has 2 N–H and O–H groups in total. The molecular formula is C13H10BrFN2O2S. The summed E-state index contributed by atoms with van der Waals surface area (Å²) in [6.07, 6.45) is 0. The van der Waals surface area contributed by atoms with Crippen LogP contribution in [-0.4, -0.2) is 4.92 Å². The summed E-state index contributed by atoms with van der Waals surface area (Å²) in [7, 11) is 0. The number of nitrogen functional groups attached to an aromatic ring is 1. The van der Waals surface area contributed by atoms with Gasteiger partial charge in [-0.3, -0.25) is 10.1 Å². The Morgan fingerprint density at radius 1 is 1.30 bits per heavy atom. The fourth-order valence-corrected chi connectivity index (χ4v) is 2.96. The molecule has 0 bridgehead atoms. The number of hydrogen-bond acceptors (Lipinski definition) is 4. The van der Waals surface area contributed by atoms with E-state index in [4.69, 9.17) is 5.73 Å². The Kier molecular flexibility index (Phi) is 4.61. The van der Waals surface area contributed by atoms with Crippen LogP contribution in [0, 0.1) is 15.9 Å². The number of nitro groups is 1. The highest BCUT2D eigenvalue weighted by atomic mass is 79.9. The zero-order chi connectivity index (χ0) is 14.7. The van der Waals surface area contributed by atoms with Crippen LogP contribution in [0.25, 0.3) is 0 Å². The maximum Gasteiger partial charge on any atom is 0.273 e. The first-order valence-corrected chi connectivity index (χ1v) is 7.36. The zero-order valence-corrected chi connectivity index (χ0v) is 12.6. The molecule has 7 heteroatoms. The first-order chi connectivity index (χ1) is 9.47. The number of thioether (sulfide) groups is 1. The van der Waals surface area contributed by atoms with Crippen LogP contribution >= 0.6 is 27.7 Å². The van der Waals surface area contributed by atoms with E-state index < -0.39 is 10.7 Å². The van der Waals surface area contributed by atoms with Gasteiger partial charge in [0.2, 0.25) is 0 Å². The topological polar surface area (TPSA) is 69.2 Å². The van der Waals surface area contributed by atoms with Gasteiger partial charge in [0.25, 0.3) is 5.69 Å². The first kappa shape index (κ1) is 14.8. The molecule has 0 aliphatic heterocycles. The van der Waals surface area contributed by atoms with Gasteiger partial charge in [-0.25, -0.2) is 4.39 Å². The molecule has 0 aliphatic carbocycles. The fraction of sp³-hybridized carbons (Fsp3) is 0.0769. The van der Waals surface area contributed by atoms with E-state index in [1.54, 1.807) is 6.07 Å². The van der Waals surface area contributed by atoms with Crippen molar-refractivity contribution >= 4 is 39.1 Å². The summed E-state index contributed by atoms with van der Waals surface area (Å²) in [6.45, 7) is 0. The Balaban J connectivity index is 2.22. The fourth-order valence-electron chi connectivity index (χ4n) is 1.65. The summed E-state index contributed by atoms with van der Waals surface area (Å²) in [5.41, 5.74) is 6.67. The highest BCUT2D eigenvalue weighted by Crippen LogP contribution is 2.32. The molecule has 0 aliphatic rings. The van der Waals surface area contributed by atoms with Crippen molar-refractivity contribution in [1.29, 1.82) is 0 Å². The third-order valence-electron chi connectivity index (χ3n) is 2.59. The van der Waals surface area contributed by atoms with Crippen molar-refractivity contribution in [3.8, 4) is 0 Å². The molecule has 0 saturated heterocycles. The Bertz CT molecular complexity index is 667. The number of anilines is 1. The van der Waals surface area contributed by atoms with Gasteiger partial charge in [-0.05, 0) is 30.3 Å². The monoisotopic (exact) mass is 356 g/mol. The average Bonchev–Trinajstić information content (AvgIpc) is 2.37. The maximum atomic E-state index is 13.2. The molecule has 104 valence electrons. The van der Waals surface area contributed by atoms with Crippen LogP contribution in [0.2, 0.25) is 0 Å². The summed E-state index contributed by atoms with van der Waals surface area (Å²) in [5.74, 6) is -0.213. The third-order valence-corrected chi connectivity index (χ3v) is 4.22. The number of benzene rings is 2. The molecule has 0 radical (unpaired) electrons. The van der Waals surface area contributed by atoms with E-state index in [-0.39, 0.29) is 11.4 Å². The van der Waals surface area contributed by atoms with Crippen LogP contribution in [0.1, 0.15) is 5.56 Å². The second-order valence-corrected chi connectivity index (χ2v) is 5.93. The van der Waals surface area contributed by atoms with Crippen molar-refractivity contribution in [2.24, 2.45) is 0 Å². The van der Waals surface area contributed by atoms with Gasteiger partial charge in [-0.15, -0.1) is 11.8 Å². The van der Waals surface area contributed by atoms with E-state index in [0.29, 0.717) is 11.3 Å². The molecule has 0 fully saturated rings. The van der Waals surface area contributed by atoms with Crippen LogP contribution in [0.3, 0.4) is 0 Å². The van der Waals surface area contributed by atoms with Crippen LogP contribution < -0.4 is 5.73 Å². The lowest BCUT2D eigenvalue weighted by Gasteiger charge is -2.06. The highest BCUT2D eigenvalue weighted by Gasteiger charge is 2.15. The summed E-state index contributed by atoms with van der Waals surface area (Å²) in [5, 5.41) is 10.9. The minimum absolute atomic E-state index is 0.0883. The molecular weight excluding hydrogens is 347 g/mol. The highest BCUT2D eigenvalue weighted by molar-refractivity contribution is 9.10. The number of rotatable bonds is 4. The van der Waals surface area contributed by atoms with Crippen molar-refractivity contribution in [2.45, 2.75) is 10.6 Å². The van der Waals surface area contributed by atoms with Crippen molar-refractivity contribution < 1.29 is 9.31 Å². The molecule has 2 rings (SSSR count). The second kappa shape index (κ2) is 6.23. The van der Waals surface area contributed by atoms with Gasteiger partial charge in [0.15, 0.2) is 0 Å². The average molecular weight is 357 g/mol. The van der Waals surface area contributed by atoms with Crippen molar-refractivity contribution in [3.05, 3.63) is 62.4 Å². The van der Waals surface area contributed by atoms with Gasteiger partial charge < -0.3 is 5.73 Å². The summed E-state index contributed by atoms with van der Waals surface area (Å²) in [4.78, 5) is 11.2. The molecule has 0 aromatic heterocycles. The molecule has 4 nitrogen and oxygen atoms in total. The van der Waals surface area contributed by atoms with Crippen molar-refractivity contribution in [3.63, 3.8) is 0 Å². The molecule has 2 aromatic rings. The first-order valence-electron chi connectivity index (χ1n) is 5.58. The van der Waals surface area contributed by atoms with Crippen LogP contribution in [0.15, 0.2) is 45.8 Å². The molecule has 2 aromatic carbocycles. The Morgan fingerprint density at radius 3 is 2.70 bits per heavy atom. The Hall–Kier alpha value is -1.60. The SMILES string of the molecule is Nc1cc(Br)ccc1SCc1cc(F)ccc1[N+](=O)[O-]. The third kappa shape index (κ3) is 3.49. The Morgan fingerprint density at radius 2 is 2.05 bits per heavy atom. The van der Waals surface area contributed by atoms with Gasteiger partial charge in [0.05, 0.1) is 4.92 Å². The van der Waals surface area contributed by atoms with E-state index in [1.165, 1.54) is 23.9 Å². The number of nitro benzene ring substituents is 1. The summed E-state index contributed by atoms with van der Waals surface area (Å²) in [6, 6.07) is 8.84. The predicted molar refractivity (Wildman–Crippen MR) is 81.2 cm³/mol. The molecule has 0 atom stereocenters. The second-order valence-electron chi connectivity index (χ2n) is 4.00. The zero-order valence-electron chi connectivity index (χ0n) is 10.2. The number of nitrogens with zero attached hydrogens (tertiary/aromatic N) is 1. The minimum atomic E-state index is -0.514. The van der Waals surface area contributed by atoms with Crippen molar-refractivity contribution in [1.82, 2.24) is 0 Å². The smallest absolute Gasteiger partial charge is 0.273 e. The van der Waals surface area contributed by atoms with Gasteiger partial charge in [0, 0.05) is 32.4 Å². The Labute approximate surface area is 127 Å². The molecule has 0 amide bonds. The van der Waals surface area contributed by atoms with E-state index in [9.17, 15) is 14.5 Å². The van der Waals surface area contributed by atoms with Gasteiger partial charge in [-0.2, -0.15) is 0 Å². The number of hydrogen-bond donors (Lipinski definition) is 1. The van der Waals surface area contributed by atoms with E-state index in [2.05, 4.69) is 15.9 Å². The molecule has 0 heterocycles. The van der Waals surface area contributed by atoms with Gasteiger partial charge >= 0.3 is 0 Å². The van der Waals surface area contributed by atoms with Crippen LogP contribution in [-0.2, 0) is 5.75 Å². The van der Waals surface area contributed by atoms with Crippen molar-refractivity contribution in [2.75, 3.05) is 5.73 Å². The van der Waals surface area contributed by atoms with Gasteiger partial charge in [-0.1, -0.05) is 15.9 Å². The maximum absolute atomic E-state index is 13.2. The largest absolute Gasteiger partial charge is 0.398 e. The molecule has 0 saturated carbocycles. The predicted octanol–water partition coefficient (Wildman–Crippen LogP) is 4.37. The molecule has 20 heavy (non-hydrogen) atoms. The standard InChI is InChI=1S/C13H10BrFN2O2S/c14-9-1-4-13(11(16)6-9)20-7-8-5-10(15)2-3-12(8)17(18)19/h1-6H,7,16H2.